The van der Waals surface area contributed by atoms with Gasteiger partial charge in [0, 0.05) is 18.4 Å². The number of carboxylic acids is 1. The van der Waals surface area contributed by atoms with Crippen molar-refractivity contribution in [2.24, 2.45) is 62.1 Å². The van der Waals surface area contributed by atoms with Crippen LogP contribution in [0.5, 0.6) is 0 Å². The van der Waals surface area contributed by atoms with Crippen LogP contribution in [0.15, 0.2) is 12.2 Å². The van der Waals surface area contributed by atoms with Gasteiger partial charge >= 0.3 is 11.9 Å². The number of rotatable bonds is 8. The van der Waals surface area contributed by atoms with E-state index in [-0.39, 0.29) is 58.2 Å². The molecule has 11 atom stereocenters. The maximum atomic E-state index is 14.0. The van der Waals surface area contributed by atoms with Gasteiger partial charge in [-0.05, 0) is 149 Å². The van der Waals surface area contributed by atoms with Crippen LogP contribution in [0.25, 0.3) is 0 Å². The lowest BCUT2D eigenvalue weighted by Crippen LogP contribution is -2.67. The van der Waals surface area contributed by atoms with Gasteiger partial charge in [0.25, 0.3) is 0 Å². The molecule has 0 spiro atoms. The molecular formula is C42H67NO6. The molecule has 0 aromatic carbocycles. The van der Waals surface area contributed by atoms with E-state index in [2.05, 4.69) is 48.1 Å². The molecule has 7 nitrogen and oxygen atoms in total. The highest BCUT2D eigenvalue weighted by molar-refractivity contribution is 5.81. The lowest BCUT2D eigenvalue weighted by atomic mass is 9.32. The molecule has 7 heteroatoms. The second-order valence-corrected chi connectivity index (χ2v) is 20.0. The molecule has 0 bridgehead atoms. The Labute approximate surface area is 296 Å². The van der Waals surface area contributed by atoms with E-state index in [1.165, 1.54) is 31.3 Å². The summed E-state index contributed by atoms with van der Waals surface area (Å²) in [6, 6.07) is -0.0146. The second kappa shape index (κ2) is 12.4. The van der Waals surface area contributed by atoms with Crippen LogP contribution in [0.2, 0.25) is 0 Å². The lowest BCUT2D eigenvalue weighted by molar-refractivity contribution is -0.250. The quantitative estimate of drug-likeness (QED) is 0.197. The minimum atomic E-state index is -1.14. The summed E-state index contributed by atoms with van der Waals surface area (Å²) in [4.78, 5) is 40.8. The van der Waals surface area contributed by atoms with Crippen molar-refractivity contribution in [2.75, 3.05) is 13.2 Å². The van der Waals surface area contributed by atoms with Gasteiger partial charge in [-0.3, -0.25) is 14.4 Å². The summed E-state index contributed by atoms with van der Waals surface area (Å²) in [6.07, 6.45) is 13.3. The van der Waals surface area contributed by atoms with Crippen molar-refractivity contribution in [1.82, 2.24) is 4.90 Å². The van der Waals surface area contributed by atoms with Crippen molar-refractivity contribution < 1.29 is 29.3 Å². The van der Waals surface area contributed by atoms with E-state index in [9.17, 15) is 24.6 Å². The first-order valence-electron chi connectivity index (χ1n) is 19.8. The second-order valence-electron chi connectivity index (χ2n) is 20.0. The molecule has 1 saturated heterocycles. The van der Waals surface area contributed by atoms with Crippen LogP contribution in [-0.2, 0) is 19.1 Å². The number of amides is 1. The zero-order chi connectivity index (χ0) is 35.9. The molecule has 6 aliphatic rings. The van der Waals surface area contributed by atoms with Gasteiger partial charge in [0.05, 0.1) is 24.5 Å². The van der Waals surface area contributed by atoms with Crippen molar-refractivity contribution in [3.63, 3.8) is 0 Å². The average molecular weight is 682 g/mol. The van der Waals surface area contributed by atoms with Crippen LogP contribution in [0.4, 0.5) is 0 Å². The lowest BCUT2D eigenvalue weighted by Gasteiger charge is -2.73. The molecule has 2 N–H and O–H groups in total. The number of hydrogen-bond acceptors (Lipinski definition) is 5. The largest absolute Gasteiger partial charge is 0.481 e. The summed E-state index contributed by atoms with van der Waals surface area (Å²) >= 11 is 0. The molecule has 6 rings (SSSR count). The van der Waals surface area contributed by atoms with Gasteiger partial charge in [-0.2, -0.15) is 0 Å². The Hall–Kier alpha value is -1.89. The summed E-state index contributed by atoms with van der Waals surface area (Å²) in [7, 11) is 0. The van der Waals surface area contributed by atoms with E-state index >= 15 is 0 Å². The summed E-state index contributed by atoms with van der Waals surface area (Å²) in [5.74, 6) is 1.41. The fraction of sp³-hybridized carbons (Fsp3) is 0.881. The Morgan fingerprint density at radius 1 is 0.878 bits per heavy atom. The Morgan fingerprint density at radius 2 is 1.59 bits per heavy atom. The number of aliphatic carboxylic acids is 1. The number of aliphatic hydroxyl groups excluding tert-OH is 1. The molecule has 0 aromatic heterocycles. The van der Waals surface area contributed by atoms with Crippen LogP contribution >= 0.6 is 0 Å². The number of allylic oxidation sites excluding steroid dienone is 1. The normalized spacial score (nSPS) is 44.3. The highest BCUT2D eigenvalue weighted by Crippen LogP contribution is 2.78. The predicted octanol–water partition coefficient (Wildman–Crippen LogP) is 8.43. The van der Waals surface area contributed by atoms with Gasteiger partial charge in [-0.25, -0.2) is 0 Å². The SMILES string of the molecule is C=C(C)[C@@H]1CC[C@]2(CC(=O)N3CCC[C@@H]3CO)CC[C@]3(C)[C@H](CC[C@@H]4[C@@]5(C)CC[C@H](OC(=O)CC(C)(C)C(=O)O)C(C)(C)[C@@H]5CC[C@]43C)[C@@H]12. The topological polar surface area (TPSA) is 104 Å². The number of esters is 1. The Bertz CT molecular complexity index is 1350. The fourth-order valence-corrected chi connectivity index (χ4v) is 14.2. The third-order valence-electron chi connectivity index (χ3n) is 17.0. The zero-order valence-electron chi connectivity index (χ0n) is 32.0. The number of ether oxygens (including phenoxy) is 1. The maximum Gasteiger partial charge on any atom is 0.309 e. The van der Waals surface area contributed by atoms with Crippen LogP contribution in [0.1, 0.15) is 145 Å². The van der Waals surface area contributed by atoms with E-state index in [1.807, 2.05) is 4.90 Å². The molecule has 5 saturated carbocycles. The Balaban J connectivity index is 1.25. The summed E-state index contributed by atoms with van der Waals surface area (Å²) in [5.41, 5.74) is 0.470. The predicted molar refractivity (Wildman–Crippen MR) is 191 cm³/mol. The smallest absolute Gasteiger partial charge is 0.309 e. The molecule has 5 aliphatic carbocycles. The van der Waals surface area contributed by atoms with Gasteiger partial charge in [0.15, 0.2) is 0 Å². The number of likely N-dealkylation sites (tertiary alicyclic amines) is 1. The summed E-state index contributed by atoms with van der Waals surface area (Å²) in [6.45, 7) is 23.2. The van der Waals surface area contributed by atoms with Crippen molar-refractivity contribution >= 4 is 17.8 Å². The first kappa shape index (κ1) is 36.9. The van der Waals surface area contributed by atoms with Crippen molar-refractivity contribution in [3.8, 4) is 0 Å². The van der Waals surface area contributed by atoms with Crippen LogP contribution < -0.4 is 0 Å². The number of fused-ring (bicyclic) bond motifs is 7. The van der Waals surface area contributed by atoms with E-state index in [0.29, 0.717) is 36.0 Å². The molecule has 0 aromatic rings. The molecule has 49 heavy (non-hydrogen) atoms. The van der Waals surface area contributed by atoms with E-state index < -0.39 is 17.4 Å². The maximum absolute atomic E-state index is 14.0. The number of carbonyl (C=O) groups is 3. The summed E-state index contributed by atoms with van der Waals surface area (Å²) < 4.78 is 6.17. The molecule has 1 heterocycles. The van der Waals surface area contributed by atoms with Gasteiger partial charge in [-0.1, -0.05) is 46.8 Å². The van der Waals surface area contributed by atoms with Crippen molar-refractivity contribution in [3.05, 3.63) is 12.2 Å². The number of aliphatic hydroxyl groups is 1. The number of carboxylic acid groups (broad SMARTS) is 1. The molecule has 0 radical (unpaired) electrons. The molecule has 1 amide bonds. The van der Waals surface area contributed by atoms with Gasteiger partial charge in [0.1, 0.15) is 6.10 Å². The molecular weight excluding hydrogens is 614 g/mol. The summed E-state index contributed by atoms with van der Waals surface area (Å²) in [5, 5.41) is 19.6. The van der Waals surface area contributed by atoms with Crippen molar-refractivity contribution in [2.45, 2.75) is 157 Å². The fourth-order valence-electron chi connectivity index (χ4n) is 14.2. The van der Waals surface area contributed by atoms with Gasteiger partial charge in [0.2, 0.25) is 5.91 Å². The number of nitrogens with zero attached hydrogens (tertiary/aromatic N) is 1. The van der Waals surface area contributed by atoms with Crippen LogP contribution in [0, 0.1) is 62.1 Å². The van der Waals surface area contributed by atoms with E-state index in [1.54, 1.807) is 13.8 Å². The number of carbonyl (C=O) groups excluding carboxylic acids is 2. The highest BCUT2D eigenvalue weighted by Gasteiger charge is 2.71. The Kier molecular flexibility index (Phi) is 9.31. The molecule has 1 aliphatic heterocycles. The molecule has 0 unspecified atom stereocenters. The monoisotopic (exact) mass is 681 g/mol. The highest BCUT2D eigenvalue weighted by atomic mass is 16.5. The minimum absolute atomic E-state index is 0.0146. The first-order chi connectivity index (χ1) is 22.8. The van der Waals surface area contributed by atoms with E-state index in [4.69, 9.17) is 4.74 Å². The molecule has 276 valence electrons. The third-order valence-corrected chi connectivity index (χ3v) is 17.0. The average Bonchev–Trinajstić information content (AvgIpc) is 3.64. The van der Waals surface area contributed by atoms with Gasteiger partial charge < -0.3 is 19.8 Å². The van der Waals surface area contributed by atoms with Gasteiger partial charge in [-0.15, -0.1) is 0 Å². The molecule has 6 fully saturated rings. The van der Waals surface area contributed by atoms with Crippen LogP contribution in [-0.4, -0.2) is 58.3 Å². The Morgan fingerprint density at radius 3 is 2.24 bits per heavy atom. The number of hydrogen-bond donors (Lipinski definition) is 2. The first-order valence-corrected chi connectivity index (χ1v) is 19.8. The standard InChI is InChI=1S/C42H67NO6/c1-26(2)28-14-19-42(23-33(45)43-22-10-11-27(43)25-44)21-20-40(8)29(35(28)42)12-13-31-39(7)17-16-32(49-34(46)24-37(3,4)36(47)48)38(5,6)30(39)15-18-41(31,40)9/h27-32,35,44H,1,10-25H2,2-9H3,(H,47,48)/t27-,28+,29-,30+,31-,32+,35-,39+,40-,41-,42-/m1/s1. The van der Waals surface area contributed by atoms with E-state index in [0.717, 1.165) is 57.9 Å². The zero-order valence-corrected chi connectivity index (χ0v) is 32.0. The minimum Gasteiger partial charge on any atom is -0.481 e. The third kappa shape index (κ3) is 5.55. The van der Waals surface area contributed by atoms with Crippen LogP contribution in [0.3, 0.4) is 0 Å². The van der Waals surface area contributed by atoms with Crippen molar-refractivity contribution in [1.29, 1.82) is 0 Å².